The second kappa shape index (κ2) is 14.5. The van der Waals surface area contributed by atoms with E-state index in [1.807, 2.05) is 0 Å². The van der Waals surface area contributed by atoms with Crippen LogP contribution in [0.4, 0.5) is 0 Å². The zero-order valence-corrected chi connectivity index (χ0v) is 21.5. The summed E-state index contributed by atoms with van der Waals surface area (Å²) in [7, 11) is -0.566. The van der Waals surface area contributed by atoms with Crippen LogP contribution >= 0.6 is 40.7 Å². The summed E-state index contributed by atoms with van der Waals surface area (Å²) >= 11 is 0. The first-order chi connectivity index (χ1) is 14.9. The summed E-state index contributed by atoms with van der Waals surface area (Å²) in [5, 5.41) is 5.97. The third-order valence-corrected chi connectivity index (χ3v) is 10.5. The highest BCUT2D eigenvalue weighted by molar-refractivity contribution is 7.73. The van der Waals surface area contributed by atoms with Gasteiger partial charge in [0.2, 0.25) is 0 Å². The van der Waals surface area contributed by atoms with Gasteiger partial charge in [0.25, 0.3) is 0 Å². The van der Waals surface area contributed by atoms with Gasteiger partial charge in [0.15, 0.2) is 0 Å². The molecule has 4 aromatic rings. The third kappa shape index (κ3) is 7.43. The van der Waals surface area contributed by atoms with Crippen molar-refractivity contribution >= 4 is 61.9 Å². The maximum atomic E-state index is 2.31. The molecule has 4 heteroatoms. The molecule has 0 amide bonds. The van der Waals surface area contributed by atoms with Gasteiger partial charge in [-0.2, -0.15) is 0 Å². The number of hydrogen-bond donors (Lipinski definition) is 0. The van der Waals surface area contributed by atoms with Gasteiger partial charge in [-0.05, 0) is 62.2 Å². The van der Waals surface area contributed by atoms with Crippen molar-refractivity contribution in [1.82, 2.24) is 0 Å². The van der Waals surface area contributed by atoms with E-state index in [2.05, 4.69) is 121 Å². The molecule has 0 saturated carbocycles. The number of halogens is 2. The van der Waals surface area contributed by atoms with Gasteiger partial charge in [0.1, 0.15) is 0 Å². The highest BCUT2D eigenvalue weighted by atomic mass is 35.5. The minimum Gasteiger partial charge on any atom is -0.147 e. The van der Waals surface area contributed by atoms with Gasteiger partial charge in [0.05, 0.1) is 0 Å². The van der Waals surface area contributed by atoms with Crippen molar-refractivity contribution in [3.05, 3.63) is 121 Å². The lowest BCUT2D eigenvalue weighted by Crippen LogP contribution is -2.15. The highest BCUT2D eigenvalue weighted by Crippen LogP contribution is 2.38. The molecule has 0 bridgehead atoms. The topological polar surface area (TPSA) is 0 Å². The smallest absolute Gasteiger partial charge is 0.0195 e. The summed E-state index contributed by atoms with van der Waals surface area (Å²) in [6, 6.07) is 44.3. The molecule has 0 heterocycles. The Morgan fingerprint density at radius 3 is 0.781 bits per heavy atom. The van der Waals surface area contributed by atoms with Crippen molar-refractivity contribution in [2.24, 2.45) is 0 Å². The average molecular weight is 499 g/mol. The molecule has 166 valence electrons. The Kier molecular flexibility index (Phi) is 12.0. The Morgan fingerprint density at radius 2 is 0.562 bits per heavy atom. The Labute approximate surface area is 207 Å². The zero-order chi connectivity index (χ0) is 20.4. The van der Waals surface area contributed by atoms with E-state index in [-0.39, 0.29) is 40.7 Å². The molecule has 4 rings (SSSR count). The molecular weight excluding hydrogens is 469 g/mol. The highest BCUT2D eigenvalue weighted by Gasteiger charge is 2.15. The predicted molar refractivity (Wildman–Crippen MR) is 152 cm³/mol. The van der Waals surface area contributed by atoms with Crippen LogP contribution in [0.25, 0.3) is 0 Å². The van der Waals surface area contributed by atoms with Crippen LogP contribution in [-0.4, -0.2) is 12.3 Å². The van der Waals surface area contributed by atoms with E-state index in [1.165, 1.54) is 46.4 Å². The van der Waals surface area contributed by atoms with Crippen molar-refractivity contribution in [2.75, 3.05) is 12.3 Å². The number of unbranched alkanes of at least 4 members (excludes halogenated alkanes) is 1. The molecule has 0 N–H and O–H groups in total. The summed E-state index contributed by atoms with van der Waals surface area (Å²) in [5.74, 6) is 0. The molecule has 0 nitrogen and oxygen atoms in total. The van der Waals surface area contributed by atoms with E-state index in [0.717, 1.165) is 0 Å². The minimum absolute atomic E-state index is 0. The van der Waals surface area contributed by atoms with Gasteiger partial charge < -0.3 is 0 Å². The van der Waals surface area contributed by atoms with Crippen LogP contribution in [0.1, 0.15) is 12.8 Å². The van der Waals surface area contributed by atoms with E-state index in [4.69, 9.17) is 0 Å². The fourth-order valence-electron chi connectivity index (χ4n) is 3.79. The summed E-state index contributed by atoms with van der Waals surface area (Å²) in [6.45, 7) is 0. The molecule has 0 spiro atoms. The lowest BCUT2D eigenvalue weighted by Gasteiger charge is -2.21. The summed E-state index contributed by atoms with van der Waals surface area (Å²) in [6.07, 6.45) is 5.06. The molecule has 0 atom stereocenters. The first-order valence-electron chi connectivity index (χ1n) is 10.7. The molecule has 0 saturated heterocycles. The number of rotatable bonds is 9. The summed E-state index contributed by atoms with van der Waals surface area (Å²) < 4.78 is 0. The second-order valence-electron chi connectivity index (χ2n) is 7.35. The third-order valence-electron chi connectivity index (χ3n) is 5.28. The molecule has 0 fully saturated rings. The average Bonchev–Trinajstić information content (AvgIpc) is 2.84. The Bertz CT molecular complexity index is 833. The molecule has 32 heavy (non-hydrogen) atoms. The van der Waals surface area contributed by atoms with Crippen molar-refractivity contribution in [1.29, 1.82) is 0 Å². The molecule has 0 aliphatic heterocycles. The van der Waals surface area contributed by atoms with Crippen LogP contribution in [0.3, 0.4) is 0 Å². The Morgan fingerprint density at radius 1 is 0.344 bits per heavy atom. The van der Waals surface area contributed by atoms with Crippen molar-refractivity contribution in [3.8, 4) is 0 Å². The van der Waals surface area contributed by atoms with E-state index < -0.39 is 0 Å². The van der Waals surface area contributed by atoms with E-state index in [1.54, 1.807) is 0 Å². The Hall–Kier alpha value is -1.68. The fourth-order valence-corrected chi connectivity index (χ4v) is 8.62. The largest absolute Gasteiger partial charge is 0.147 e. The van der Waals surface area contributed by atoms with E-state index in [0.29, 0.717) is 0 Å². The first kappa shape index (κ1) is 26.6. The van der Waals surface area contributed by atoms with Crippen LogP contribution in [-0.2, 0) is 0 Å². The normalized spacial score (nSPS) is 10.4. The molecule has 0 aliphatic rings. The van der Waals surface area contributed by atoms with Crippen LogP contribution in [0.5, 0.6) is 0 Å². The Balaban J connectivity index is 0.00000181. The van der Waals surface area contributed by atoms with Crippen molar-refractivity contribution in [3.63, 3.8) is 0 Å². The maximum absolute atomic E-state index is 2.31. The summed E-state index contributed by atoms with van der Waals surface area (Å²) in [5.41, 5.74) is 0. The van der Waals surface area contributed by atoms with Gasteiger partial charge in [-0.25, -0.2) is 0 Å². The lowest BCUT2D eigenvalue weighted by molar-refractivity contribution is 0.902. The van der Waals surface area contributed by atoms with Gasteiger partial charge in [0, 0.05) is 0 Å². The molecule has 0 aliphatic carbocycles. The summed E-state index contributed by atoms with van der Waals surface area (Å²) in [4.78, 5) is 0. The van der Waals surface area contributed by atoms with E-state index in [9.17, 15) is 0 Å². The fraction of sp³-hybridized carbons (Fsp3) is 0.143. The quantitative estimate of drug-likeness (QED) is 0.174. The zero-order valence-electron chi connectivity index (χ0n) is 18.1. The molecule has 4 aromatic carbocycles. The van der Waals surface area contributed by atoms with Crippen LogP contribution in [0.15, 0.2) is 121 Å². The minimum atomic E-state index is -0.283. The lowest BCUT2D eigenvalue weighted by atomic mass is 10.4. The van der Waals surface area contributed by atoms with E-state index >= 15 is 0 Å². The van der Waals surface area contributed by atoms with Gasteiger partial charge in [-0.1, -0.05) is 121 Å². The van der Waals surface area contributed by atoms with Crippen LogP contribution in [0, 0.1) is 0 Å². The second-order valence-corrected chi connectivity index (χ2v) is 12.0. The predicted octanol–water partition coefficient (Wildman–Crippen LogP) is 6.88. The maximum Gasteiger partial charge on any atom is -0.0195 e. The molecule has 0 radical (unpaired) electrons. The van der Waals surface area contributed by atoms with Crippen LogP contribution < -0.4 is 21.2 Å². The van der Waals surface area contributed by atoms with Gasteiger partial charge in [-0.3, -0.25) is 0 Å². The molecule has 0 aromatic heterocycles. The first-order valence-corrected chi connectivity index (χ1v) is 13.7. The molecular formula is C28H30Cl2P2. The number of benzene rings is 4. The van der Waals surface area contributed by atoms with Gasteiger partial charge in [-0.15, -0.1) is 24.8 Å². The monoisotopic (exact) mass is 498 g/mol. The standard InChI is InChI=1S/C28H28P2.2ClH/c1-5-15-25(16-6-1)29(26-17-7-2-8-18-26)23-13-14-24-30(27-19-9-3-10-20-27)28-21-11-4-12-22-28;;/h1-12,15-22H,13-14,23-24H2;2*1H. The SMILES string of the molecule is Cl.Cl.c1ccc(P(CCCCP(c2ccccc2)c2ccccc2)c2ccccc2)cc1. The van der Waals surface area contributed by atoms with Crippen molar-refractivity contribution < 1.29 is 0 Å². The van der Waals surface area contributed by atoms with Crippen molar-refractivity contribution in [2.45, 2.75) is 12.8 Å². The van der Waals surface area contributed by atoms with Crippen LogP contribution in [0.2, 0.25) is 0 Å². The number of hydrogen-bond acceptors (Lipinski definition) is 0. The molecule has 0 unspecified atom stereocenters. The van der Waals surface area contributed by atoms with Gasteiger partial charge >= 0.3 is 0 Å².